The van der Waals surface area contributed by atoms with Gasteiger partial charge in [0, 0.05) is 38.0 Å². The van der Waals surface area contributed by atoms with Gasteiger partial charge in [-0.05, 0) is 57.2 Å². The van der Waals surface area contributed by atoms with Crippen LogP contribution in [0.1, 0.15) is 12.8 Å². The minimum atomic E-state index is -3.39. The van der Waals surface area contributed by atoms with Gasteiger partial charge in [0.25, 0.3) is 0 Å². The van der Waals surface area contributed by atoms with Gasteiger partial charge in [-0.2, -0.15) is 9.36 Å². The average molecular weight is 460 g/mol. The Bertz CT molecular complexity index is 1140. The molecule has 9 nitrogen and oxygen atoms in total. The predicted octanol–water partition coefficient (Wildman–Crippen LogP) is 2.67. The van der Waals surface area contributed by atoms with Crippen LogP contribution in [0.15, 0.2) is 41.6 Å². The molecule has 0 radical (unpaired) electrons. The van der Waals surface area contributed by atoms with E-state index in [2.05, 4.69) is 29.5 Å². The molecule has 1 fully saturated rings. The number of piperidine rings is 1. The lowest BCUT2D eigenvalue weighted by Gasteiger charge is -2.28. The second kappa shape index (κ2) is 8.85. The highest BCUT2D eigenvalue weighted by molar-refractivity contribution is 7.92. The first kappa shape index (κ1) is 21.6. The number of anilines is 3. The second-order valence-corrected chi connectivity index (χ2v) is 10.7. The van der Waals surface area contributed by atoms with Crippen LogP contribution in [0.5, 0.6) is 0 Å². The lowest BCUT2D eigenvalue weighted by atomic mass is 10.1. The summed E-state index contributed by atoms with van der Waals surface area (Å²) in [4.78, 5) is 17.5. The van der Waals surface area contributed by atoms with Crippen molar-refractivity contribution in [1.82, 2.24) is 24.2 Å². The van der Waals surface area contributed by atoms with E-state index in [-0.39, 0.29) is 10.1 Å². The van der Waals surface area contributed by atoms with Crippen molar-refractivity contribution in [3.63, 3.8) is 0 Å². The molecule has 31 heavy (non-hydrogen) atoms. The Kier molecular flexibility index (Phi) is 6.17. The highest BCUT2D eigenvalue weighted by Crippen LogP contribution is 2.28. The number of likely N-dealkylation sites (tertiary alicyclic amines) is 1. The zero-order chi connectivity index (χ0) is 22.0. The molecule has 3 aromatic rings. The fourth-order valence-corrected chi connectivity index (χ4v) is 5.75. The van der Waals surface area contributed by atoms with Crippen LogP contribution in [-0.2, 0) is 9.84 Å². The third kappa shape index (κ3) is 4.68. The standard InChI is InChI=1S/C20H25N7O2S2/c1-26(2)17-5-4-10-21-19(17)24-20-23-18(25-30-20)16-7-6-15(13-22-16)31(28,29)14-8-11-27(3)12-9-14/h4-7,10,13-14H,8-9,11-12H2,1-3H3,(H,21,23,24,25). The van der Waals surface area contributed by atoms with E-state index < -0.39 is 9.84 Å². The summed E-state index contributed by atoms with van der Waals surface area (Å²) < 4.78 is 30.2. The zero-order valence-electron chi connectivity index (χ0n) is 17.7. The van der Waals surface area contributed by atoms with Gasteiger partial charge in [0.2, 0.25) is 5.13 Å². The Morgan fingerprint density at radius 1 is 1.16 bits per heavy atom. The number of aromatic nitrogens is 4. The number of nitrogens with zero attached hydrogens (tertiary/aromatic N) is 6. The summed E-state index contributed by atoms with van der Waals surface area (Å²) in [7, 11) is 2.51. The maximum absolute atomic E-state index is 12.9. The Morgan fingerprint density at radius 2 is 1.94 bits per heavy atom. The molecule has 0 spiro atoms. The molecular formula is C20H25N7O2S2. The van der Waals surface area contributed by atoms with Crippen molar-refractivity contribution >= 4 is 38.0 Å². The summed E-state index contributed by atoms with van der Waals surface area (Å²) in [5.41, 5.74) is 1.46. The average Bonchev–Trinajstić information content (AvgIpc) is 3.23. The molecule has 1 saturated heterocycles. The van der Waals surface area contributed by atoms with E-state index in [9.17, 15) is 8.42 Å². The highest BCUT2D eigenvalue weighted by atomic mass is 32.2. The van der Waals surface area contributed by atoms with E-state index in [1.807, 2.05) is 38.2 Å². The first-order valence-corrected chi connectivity index (χ1v) is 12.3. The summed E-state index contributed by atoms with van der Waals surface area (Å²) >= 11 is 1.20. The minimum Gasteiger partial charge on any atom is -0.375 e. The molecule has 0 atom stereocenters. The Labute approximate surface area is 186 Å². The van der Waals surface area contributed by atoms with Crippen LogP contribution >= 0.6 is 11.5 Å². The molecule has 0 aromatic carbocycles. The van der Waals surface area contributed by atoms with Crippen molar-refractivity contribution in [3.05, 3.63) is 36.7 Å². The summed E-state index contributed by atoms with van der Waals surface area (Å²) in [6, 6.07) is 7.10. The number of rotatable bonds is 6. The molecular weight excluding hydrogens is 434 g/mol. The number of nitrogens with one attached hydrogen (secondary N) is 1. The first-order chi connectivity index (χ1) is 14.8. The molecule has 1 aliphatic heterocycles. The van der Waals surface area contributed by atoms with Crippen molar-refractivity contribution in [2.24, 2.45) is 0 Å². The summed E-state index contributed by atoms with van der Waals surface area (Å²) in [6.07, 6.45) is 4.42. The number of sulfone groups is 1. The van der Waals surface area contributed by atoms with Gasteiger partial charge in [-0.15, -0.1) is 0 Å². The fourth-order valence-electron chi connectivity index (χ4n) is 3.50. The van der Waals surface area contributed by atoms with Crippen LogP contribution < -0.4 is 10.2 Å². The van der Waals surface area contributed by atoms with E-state index in [1.54, 1.807) is 18.3 Å². The zero-order valence-corrected chi connectivity index (χ0v) is 19.3. The van der Waals surface area contributed by atoms with Gasteiger partial charge in [-0.25, -0.2) is 13.4 Å². The second-order valence-electron chi connectivity index (χ2n) is 7.74. The SMILES string of the molecule is CN1CCC(S(=O)(=O)c2ccc(-c3nsc(Nc4ncccc4N(C)C)n3)nc2)CC1. The molecule has 1 aliphatic rings. The smallest absolute Gasteiger partial charge is 0.208 e. The van der Waals surface area contributed by atoms with Crippen LogP contribution in [0, 0.1) is 0 Å². The van der Waals surface area contributed by atoms with Crippen LogP contribution in [0.4, 0.5) is 16.6 Å². The number of hydrogen-bond acceptors (Lipinski definition) is 10. The lowest BCUT2D eigenvalue weighted by Crippen LogP contribution is -2.37. The Morgan fingerprint density at radius 3 is 2.61 bits per heavy atom. The van der Waals surface area contributed by atoms with Crippen LogP contribution in [0.25, 0.3) is 11.5 Å². The van der Waals surface area contributed by atoms with E-state index in [1.165, 1.54) is 17.7 Å². The molecule has 1 N–H and O–H groups in total. The quantitative estimate of drug-likeness (QED) is 0.596. The van der Waals surface area contributed by atoms with Crippen LogP contribution in [0.2, 0.25) is 0 Å². The molecule has 11 heteroatoms. The van der Waals surface area contributed by atoms with E-state index in [0.717, 1.165) is 18.8 Å². The van der Waals surface area contributed by atoms with Crippen molar-refractivity contribution in [2.75, 3.05) is 44.4 Å². The maximum Gasteiger partial charge on any atom is 0.208 e. The fraction of sp³-hybridized carbons (Fsp3) is 0.400. The first-order valence-electron chi connectivity index (χ1n) is 9.96. The van der Waals surface area contributed by atoms with E-state index in [0.29, 0.717) is 35.3 Å². The van der Waals surface area contributed by atoms with Gasteiger partial charge in [0.1, 0.15) is 5.69 Å². The number of pyridine rings is 2. The van der Waals surface area contributed by atoms with Gasteiger partial charge < -0.3 is 15.1 Å². The molecule has 0 unspecified atom stereocenters. The van der Waals surface area contributed by atoms with Gasteiger partial charge >= 0.3 is 0 Å². The normalized spacial score (nSPS) is 15.7. The Hall–Kier alpha value is -2.63. The summed E-state index contributed by atoms with van der Waals surface area (Å²) in [5, 5.41) is 3.42. The van der Waals surface area contributed by atoms with Gasteiger partial charge in [0.05, 0.1) is 15.8 Å². The summed E-state index contributed by atoms with van der Waals surface area (Å²) in [6.45, 7) is 1.58. The topological polar surface area (TPSA) is 104 Å². The van der Waals surface area contributed by atoms with Crippen molar-refractivity contribution < 1.29 is 8.42 Å². The summed E-state index contributed by atoms with van der Waals surface area (Å²) in [5.74, 6) is 1.13. The van der Waals surface area contributed by atoms with Gasteiger partial charge in [-0.3, -0.25) is 4.98 Å². The maximum atomic E-state index is 12.9. The molecule has 0 bridgehead atoms. The molecule has 0 aliphatic carbocycles. The minimum absolute atomic E-state index is 0.253. The third-order valence-electron chi connectivity index (χ3n) is 5.32. The molecule has 4 heterocycles. The molecule has 3 aromatic heterocycles. The van der Waals surface area contributed by atoms with Crippen molar-refractivity contribution in [2.45, 2.75) is 23.0 Å². The lowest BCUT2D eigenvalue weighted by molar-refractivity contribution is 0.277. The molecule has 0 saturated carbocycles. The predicted molar refractivity (Wildman–Crippen MR) is 123 cm³/mol. The highest BCUT2D eigenvalue weighted by Gasteiger charge is 2.30. The largest absolute Gasteiger partial charge is 0.375 e. The van der Waals surface area contributed by atoms with Crippen LogP contribution in [0.3, 0.4) is 0 Å². The molecule has 0 amide bonds. The number of hydrogen-bond donors (Lipinski definition) is 1. The van der Waals surface area contributed by atoms with Gasteiger partial charge in [-0.1, -0.05) is 0 Å². The Balaban J connectivity index is 1.50. The van der Waals surface area contributed by atoms with Crippen molar-refractivity contribution in [1.29, 1.82) is 0 Å². The van der Waals surface area contributed by atoms with E-state index in [4.69, 9.17) is 0 Å². The molecule has 164 valence electrons. The molecule has 4 rings (SSSR count). The van der Waals surface area contributed by atoms with Gasteiger partial charge in [0.15, 0.2) is 21.5 Å². The third-order valence-corrected chi connectivity index (χ3v) is 8.20. The van der Waals surface area contributed by atoms with Crippen LogP contribution in [-0.4, -0.2) is 72.1 Å². The van der Waals surface area contributed by atoms with Crippen molar-refractivity contribution in [3.8, 4) is 11.5 Å². The van der Waals surface area contributed by atoms with E-state index >= 15 is 0 Å². The monoisotopic (exact) mass is 459 g/mol.